The average Bonchev–Trinajstić information content (AvgIpc) is 2.67. The van der Waals surface area contributed by atoms with Gasteiger partial charge in [-0.3, -0.25) is 5.10 Å². The maximum Gasteiger partial charge on any atom is 0.181 e. The maximum absolute atomic E-state index is 5.41. The third-order valence-electron chi connectivity index (χ3n) is 1.76. The van der Waals surface area contributed by atoms with Crippen molar-refractivity contribution in [3.05, 3.63) is 36.2 Å². The van der Waals surface area contributed by atoms with Crippen molar-refractivity contribution >= 4 is 24.8 Å². The Bertz CT molecular complexity index is 393. The van der Waals surface area contributed by atoms with E-state index in [0.717, 1.165) is 5.56 Å². The molecule has 0 fully saturated rings. The van der Waals surface area contributed by atoms with Crippen molar-refractivity contribution in [2.24, 2.45) is 5.73 Å². The summed E-state index contributed by atoms with van der Waals surface area (Å²) in [5.74, 6) is 1.40. The number of rotatable bonds is 2. The minimum Gasteiger partial charge on any atom is -0.412 e. The van der Waals surface area contributed by atoms with Crippen molar-refractivity contribution in [1.29, 1.82) is 0 Å². The summed E-state index contributed by atoms with van der Waals surface area (Å²) in [7, 11) is 0. The predicted molar refractivity (Wildman–Crippen MR) is 67.8 cm³/mol. The minimum absolute atomic E-state index is 0. The molecular formula is C9H14Cl2N4O. The molecule has 1 aromatic carbocycles. The van der Waals surface area contributed by atoms with E-state index in [0.29, 0.717) is 18.2 Å². The standard InChI is InChI=1S/C9H10N4.2ClH.H2O/c10-6-8-11-9(13-12-8)7-4-2-1-3-5-7;;;/h1-5H,6,10H2,(H,11,12,13);2*1H;1H2. The highest BCUT2D eigenvalue weighted by molar-refractivity contribution is 5.85. The molecule has 1 aromatic heterocycles. The van der Waals surface area contributed by atoms with E-state index in [1.165, 1.54) is 0 Å². The van der Waals surface area contributed by atoms with E-state index < -0.39 is 0 Å². The molecule has 5 N–H and O–H groups in total. The zero-order valence-electron chi connectivity index (χ0n) is 8.38. The van der Waals surface area contributed by atoms with Crippen molar-refractivity contribution < 1.29 is 5.48 Å². The van der Waals surface area contributed by atoms with Crippen LogP contribution in [0.1, 0.15) is 5.82 Å². The van der Waals surface area contributed by atoms with Gasteiger partial charge in [0.15, 0.2) is 5.82 Å². The van der Waals surface area contributed by atoms with E-state index in [-0.39, 0.29) is 30.3 Å². The quantitative estimate of drug-likeness (QED) is 0.845. The third kappa shape index (κ3) is 3.79. The number of aromatic nitrogens is 3. The zero-order valence-corrected chi connectivity index (χ0v) is 10.0. The van der Waals surface area contributed by atoms with Crippen molar-refractivity contribution in [2.45, 2.75) is 6.54 Å². The van der Waals surface area contributed by atoms with Crippen molar-refractivity contribution in [3.8, 4) is 11.4 Å². The minimum atomic E-state index is 0. The molecule has 5 nitrogen and oxygen atoms in total. The van der Waals surface area contributed by atoms with Crippen LogP contribution in [0.15, 0.2) is 30.3 Å². The second-order valence-electron chi connectivity index (χ2n) is 2.68. The molecule has 1 heterocycles. The van der Waals surface area contributed by atoms with Crippen LogP contribution < -0.4 is 5.73 Å². The Morgan fingerprint density at radius 2 is 1.75 bits per heavy atom. The number of halogens is 2. The van der Waals surface area contributed by atoms with Gasteiger partial charge < -0.3 is 11.2 Å². The molecule has 90 valence electrons. The van der Waals surface area contributed by atoms with Crippen molar-refractivity contribution in [1.82, 2.24) is 15.2 Å². The first-order valence-electron chi connectivity index (χ1n) is 4.07. The van der Waals surface area contributed by atoms with E-state index in [9.17, 15) is 0 Å². The Hall–Kier alpha value is -1.14. The average molecular weight is 265 g/mol. The van der Waals surface area contributed by atoms with Gasteiger partial charge in [0.1, 0.15) is 5.82 Å². The molecule has 0 aliphatic carbocycles. The number of nitrogens with two attached hydrogens (primary N) is 1. The number of nitrogens with zero attached hydrogens (tertiary/aromatic N) is 2. The molecule has 2 aromatic rings. The Balaban J connectivity index is 0. The van der Waals surface area contributed by atoms with Crippen LogP contribution in [0.4, 0.5) is 0 Å². The van der Waals surface area contributed by atoms with E-state index in [2.05, 4.69) is 15.2 Å². The van der Waals surface area contributed by atoms with E-state index >= 15 is 0 Å². The summed E-state index contributed by atoms with van der Waals surface area (Å²) >= 11 is 0. The number of hydrogen-bond acceptors (Lipinski definition) is 3. The van der Waals surface area contributed by atoms with Gasteiger partial charge >= 0.3 is 0 Å². The predicted octanol–water partition coefficient (Wildman–Crippen LogP) is 0.949. The van der Waals surface area contributed by atoms with Crippen LogP contribution in [0.5, 0.6) is 0 Å². The Morgan fingerprint density at radius 1 is 1.12 bits per heavy atom. The molecule has 0 unspecified atom stereocenters. The summed E-state index contributed by atoms with van der Waals surface area (Å²) in [6, 6.07) is 9.79. The molecule has 16 heavy (non-hydrogen) atoms. The summed E-state index contributed by atoms with van der Waals surface area (Å²) in [4.78, 5) is 4.21. The van der Waals surface area contributed by atoms with Gasteiger partial charge in [-0.05, 0) is 0 Å². The first kappa shape index (κ1) is 17.3. The highest BCUT2D eigenvalue weighted by Gasteiger charge is 2.02. The van der Waals surface area contributed by atoms with Crippen LogP contribution in [0.25, 0.3) is 11.4 Å². The van der Waals surface area contributed by atoms with Crippen molar-refractivity contribution in [2.75, 3.05) is 0 Å². The number of hydrogen-bond donors (Lipinski definition) is 2. The fraction of sp³-hybridized carbons (Fsp3) is 0.111. The largest absolute Gasteiger partial charge is 0.412 e. The molecule has 0 aliphatic rings. The summed E-state index contributed by atoms with van der Waals surface area (Å²) in [6.45, 7) is 0.389. The normalized spacial score (nSPS) is 8.31. The highest BCUT2D eigenvalue weighted by atomic mass is 35.5. The number of nitrogens with one attached hydrogen (secondary N) is 1. The van der Waals surface area contributed by atoms with Gasteiger partial charge in [0.25, 0.3) is 0 Å². The zero-order chi connectivity index (χ0) is 9.10. The van der Waals surface area contributed by atoms with Crippen LogP contribution in [0, 0.1) is 0 Å². The second kappa shape index (κ2) is 8.06. The first-order chi connectivity index (χ1) is 6.40. The molecule has 0 amide bonds. The molecule has 0 aliphatic heterocycles. The van der Waals surface area contributed by atoms with Crippen LogP contribution in [0.2, 0.25) is 0 Å². The SMILES string of the molecule is Cl.Cl.NCc1nc(-c2ccccc2)n[nH]1.O. The summed E-state index contributed by atoms with van der Waals surface area (Å²) in [6.07, 6.45) is 0. The van der Waals surface area contributed by atoms with Gasteiger partial charge in [-0.25, -0.2) is 4.98 Å². The van der Waals surface area contributed by atoms with Gasteiger partial charge in [0.2, 0.25) is 0 Å². The lowest BCUT2D eigenvalue weighted by atomic mass is 10.2. The van der Waals surface area contributed by atoms with Crippen molar-refractivity contribution in [3.63, 3.8) is 0 Å². The second-order valence-corrected chi connectivity index (χ2v) is 2.68. The fourth-order valence-corrected chi connectivity index (χ4v) is 1.10. The van der Waals surface area contributed by atoms with Crippen LogP contribution >= 0.6 is 24.8 Å². The Morgan fingerprint density at radius 3 is 2.25 bits per heavy atom. The smallest absolute Gasteiger partial charge is 0.181 e. The maximum atomic E-state index is 5.41. The van der Waals surface area contributed by atoms with Crippen LogP contribution in [-0.4, -0.2) is 20.7 Å². The topological polar surface area (TPSA) is 99.1 Å². The molecular weight excluding hydrogens is 251 g/mol. The van der Waals surface area contributed by atoms with Gasteiger partial charge in [0, 0.05) is 5.56 Å². The van der Waals surface area contributed by atoms with E-state index in [1.807, 2.05) is 30.3 Å². The summed E-state index contributed by atoms with van der Waals surface area (Å²) in [5, 5.41) is 6.81. The molecule has 0 atom stereocenters. The highest BCUT2D eigenvalue weighted by Crippen LogP contribution is 2.12. The molecule has 2 rings (SSSR count). The fourth-order valence-electron chi connectivity index (χ4n) is 1.10. The van der Waals surface area contributed by atoms with Crippen LogP contribution in [0.3, 0.4) is 0 Å². The van der Waals surface area contributed by atoms with Crippen LogP contribution in [-0.2, 0) is 6.54 Å². The lowest BCUT2D eigenvalue weighted by molar-refractivity contribution is 0.824. The first-order valence-corrected chi connectivity index (χ1v) is 4.07. The van der Waals surface area contributed by atoms with Gasteiger partial charge in [-0.1, -0.05) is 30.3 Å². The summed E-state index contributed by atoms with van der Waals surface area (Å²) in [5.41, 5.74) is 6.41. The third-order valence-corrected chi connectivity index (χ3v) is 1.76. The van der Waals surface area contributed by atoms with Gasteiger partial charge in [-0.15, -0.1) is 24.8 Å². The number of aromatic amines is 1. The Labute approximate surface area is 106 Å². The Kier molecular flexibility index (Phi) is 8.70. The lowest BCUT2D eigenvalue weighted by Crippen LogP contribution is -1.97. The van der Waals surface area contributed by atoms with Gasteiger partial charge in [0.05, 0.1) is 6.54 Å². The number of H-pyrrole nitrogens is 1. The molecule has 7 heteroatoms. The molecule has 0 spiro atoms. The summed E-state index contributed by atoms with van der Waals surface area (Å²) < 4.78 is 0. The molecule has 0 radical (unpaired) electrons. The molecule has 0 saturated carbocycles. The molecule has 0 bridgehead atoms. The van der Waals surface area contributed by atoms with Gasteiger partial charge in [-0.2, -0.15) is 5.10 Å². The molecule has 0 saturated heterocycles. The monoisotopic (exact) mass is 264 g/mol. The van der Waals surface area contributed by atoms with E-state index in [4.69, 9.17) is 5.73 Å². The van der Waals surface area contributed by atoms with E-state index in [1.54, 1.807) is 0 Å². The number of benzene rings is 1. The lowest BCUT2D eigenvalue weighted by Gasteiger charge is -1.91.